The van der Waals surface area contributed by atoms with E-state index in [1.54, 1.807) is 30.0 Å². The van der Waals surface area contributed by atoms with Crippen LogP contribution in [0.5, 0.6) is 5.75 Å². The maximum absolute atomic E-state index is 11.8. The Morgan fingerprint density at radius 3 is 2.71 bits per heavy atom. The number of methoxy groups -OCH3 is 1. The van der Waals surface area contributed by atoms with E-state index in [0.717, 1.165) is 12.2 Å². The molecule has 5 nitrogen and oxygen atoms in total. The molecule has 0 bridgehead atoms. The summed E-state index contributed by atoms with van der Waals surface area (Å²) in [4.78, 5) is 23.2. The predicted octanol–water partition coefficient (Wildman–Crippen LogP) is 2.84. The smallest absolute Gasteiger partial charge is 0.330 e. The lowest BCUT2D eigenvalue weighted by atomic mass is 10.1. The van der Waals surface area contributed by atoms with Crippen molar-refractivity contribution < 1.29 is 19.4 Å². The van der Waals surface area contributed by atoms with Crippen LogP contribution in [0.4, 0.5) is 0 Å². The van der Waals surface area contributed by atoms with Crippen LogP contribution in [0.15, 0.2) is 22.7 Å². The first-order chi connectivity index (χ1) is 9.99. The van der Waals surface area contributed by atoms with Gasteiger partial charge in [0.1, 0.15) is 5.75 Å². The molecule has 0 fully saturated rings. The fourth-order valence-electron chi connectivity index (χ4n) is 1.76. The van der Waals surface area contributed by atoms with Gasteiger partial charge in [-0.25, -0.2) is 4.79 Å². The average Bonchev–Trinajstić information content (AvgIpc) is 2.44. The van der Waals surface area contributed by atoms with Gasteiger partial charge in [-0.1, -0.05) is 6.07 Å². The van der Waals surface area contributed by atoms with Crippen molar-refractivity contribution >= 4 is 39.6 Å². The number of benzene rings is 1. The van der Waals surface area contributed by atoms with Crippen molar-refractivity contribution in [2.45, 2.75) is 18.9 Å². The number of amides is 1. The van der Waals surface area contributed by atoms with Crippen LogP contribution in [0, 0.1) is 0 Å². The van der Waals surface area contributed by atoms with Crippen LogP contribution >= 0.6 is 27.7 Å². The summed E-state index contributed by atoms with van der Waals surface area (Å²) in [6.07, 6.45) is 3.01. The molecule has 0 aliphatic rings. The Balaban J connectivity index is 2.80. The quantitative estimate of drug-likeness (QED) is 0.683. The Bertz CT molecular complexity index is 510. The Kier molecular flexibility index (Phi) is 7.60. The molecule has 2 N–H and O–H groups in total. The molecule has 1 aromatic carbocycles. The number of hydrogen-bond acceptors (Lipinski definition) is 4. The standard InChI is InChI=1S/C14H18BrNO4S/c1-20-11-6-5-9(8-10(11)15)13(14(18)19)16-12(17)4-3-7-21-2/h5-6,8,13H,3-4,7H2,1-2H3,(H,16,17)(H,18,19). The number of hydrogen-bond donors (Lipinski definition) is 2. The van der Waals surface area contributed by atoms with Crippen molar-refractivity contribution in [3.05, 3.63) is 28.2 Å². The van der Waals surface area contributed by atoms with Crippen molar-refractivity contribution in [3.63, 3.8) is 0 Å². The zero-order valence-electron chi connectivity index (χ0n) is 11.9. The number of carboxylic acid groups (broad SMARTS) is 1. The van der Waals surface area contributed by atoms with Crippen LogP contribution in [0.2, 0.25) is 0 Å². The van der Waals surface area contributed by atoms with Gasteiger partial charge in [0.2, 0.25) is 5.91 Å². The molecule has 1 aromatic rings. The van der Waals surface area contributed by atoms with Crippen molar-refractivity contribution in [1.29, 1.82) is 0 Å². The van der Waals surface area contributed by atoms with Crippen LogP contribution in [0.3, 0.4) is 0 Å². The van der Waals surface area contributed by atoms with Crippen molar-refractivity contribution in [2.75, 3.05) is 19.1 Å². The highest BCUT2D eigenvalue weighted by atomic mass is 79.9. The third kappa shape index (κ3) is 5.59. The predicted molar refractivity (Wildman–Crippen MR) is 86.8 cm³/mol. The van der Waals surface area contributed by atoms with Gasteiger partial charge in [-0.3, -0.25) is 4.79 Å². The summed E-state index contributed by atoms with van der Waals surface area (Å²) in [5.41, 5.74) is 0.494. The zero-order valence-corrected chi connectivity index (χ0v) is 14.3. The fraction of sp³-hybridized carbons (Fsp3) is 0.429. The monoisotopic (exact) mass is 375 g/mol. The molecular formula is C14H18BrNO4S. The van der Waals surface area contributed by atoms with Gasteiger partial charge in [0, 0.05) is 6.42 Å². The van der Waals surface area contributed by atoms with E-state index in [4.69, 9.17) is 4.74 Å². The van der Waals surface area contributed by atoms with Crippen LogP contribution in [0.25, 0.3) is 0 Å². The first-order valence-corrected chi connectivity index (χ1v) is 8.52. The highest BCUT2D eigenvalue weighted by Gasteiger charge is 2.22. The van der Waals surface area contributed by atoms with Gasteiger partial charge in [-0.2, -0.15) is 11.8 Å². The molecule has 1 amide bonds. The molecule has 7 heteroatoms. The van der Waals surface area contributed by atoms with Crippen LogP contribution in [-0.2, 0) is 9.59 Å². The number of thioether (sulfide) groups is 1. The summed E-state index contributed by atoms with van der Waals surface area (Å²) >= 11 is 4.96. The van der Waals surface area contributed by atoms with Crippen molar-refractivity contribution in [2.24, 2.45) is 0 Å². The highest BCUT2D eigenvalue weighted by molar-refractivity contribution is 9.10. The molecule has 0 spiro atoms. The molecule has 1 atom stereocenters. The summed E-state index contributed by atoms with van der Waals surface area (Å²) in [5.74, 6) is 0.127. The molecule has 116 valence electrons. The van der Waals surface area contributed by atoms with Crippen molar-refractivity contribution in [3.8, 4) is 5.75 Å². The summed E-state index contributed by atoms with van der Waals surface area (Å²) in [6.45, 7) is 0. The fourth-order valence-corrected chi connectivity index (χ4v) is 2.75. The number of carboxylic acids is 1. The second kappa shape index (κ2) is 8.94. The van der Waals surface area contributed by atoms with Crippen LogP contribution in [-0.4, -0.2) is 36.1 Å². The van der Waals surface area contributed by atoms with E-state index in [1.807, 2.05) is 6.26 Å². The number of aliphatic carboxylic acids is 1. The summed E-state index contributed by atoms with van der Waals surface area (Å²) in [5, 5.41) is 11.8. The zero-order chi connectivity index (χ0) is 15.8. The topological polar surface area (TPSA) is 75.6 Å². The third-order valence-corrected chi connectivity index (χ3v) is 4.13. The van der Waals surface area contributed by atoms with E-state index in [2.05, 4.69) is 21.2 Å². The molecule has 1 rings (SSSR count). The van der Waals surface area contributed by atoms with E-state index < -0.39 is 12.0 Å². The van der Waals surface area contributed by atoms with Gasteiger partial charge in [0.25, 0.3) is 0 Å². The molecular weight excluding hydrogens is 358 g/mol. The summed E-state index contributed by atoms with van der Waals surface area (Å²) < 4.78 is 5.75. The number of carbonyl (C=O) groups excluding carboxylic acids is 1. The Labute approximate surface area is 136 Å². The maximum Gasteiger partial charge on any atom is 0.330 e. The van der Waals surface area contributed by atoms with Gasteiger partial charge in [0.05, 0.1) is 11.6 Å². The lowest BCUT2D eigenvalue weighted by Crippen LogP contribution is -2.33. The van der Waals surface area contributed by atoms with E-state index in [9.17, 15) is 14.7 Å². The minimum atomic E-state index is -1.09. The molecule has 0 saturated carbocycles. The molecule has 0 aromatic heterocycles. The molecule has 0 heterocycles. The number of nitrogens with one attached hydrogen (secondary N) is 1. The SMILES string of the molecule is COc1ccc(C(NC(=O)CCCSC)C(=O)O)cc1Br. The molecule has 1 unspecified atom stereocenters. The first kappa shape index (κ1) is 17.8. The Morgan fingerprint density at radius 2 is 2.19 bits per heavy atom. The minimum absolute atomic E-state index is 0.261. The number of rotatable bonds is 8. The minimum Gasteiger partial charge on any atom is -0.496 e. The van der Waals surface area contributed by atoms with Gasteiger partial charge in [0.15, 0.2) is 6.04 Å². The van der Waals surface area contributed by atoms with Gasteiger partial charge in [-0.05, 0) is 52.1 Å². The van der Waals surface area contributed by atoms with E-state index >= 15 is 0 Å². The van der Waals surface area contributed by atoms with E-state index in [0.29, 0.717) is 22.2 Å². The number of halogens is 1. The molecule has 21 heavy (non-hydrogen) atoms. The van der Waals surface area contributed by atoms with E-state index in [1.165, 1.54) is 7.11 Å². The van der Waals surface area contributed by atoms with Gasteiger partial charge in [-0.15, -0.1) is 0 Å². The van der Waals surface area contributed by atoms with Crippen LogP contribution < -0.4 is 10.1 Å². The molecule has 0 radical (unpaired) electrons. The van der Waals surface area contributed by atoms with Gasteiger partial charge >= 0.3 is 5.97 Å². The van der Waals surface area contributed by atoms with E-state index in [-0.39, 0.29) is 5.91 Å². The number of carbonyl (C=O) groups is 2. The molecule has 0 aliphatic carbocycles. The normalized spacial score (nSPS) is 11.8. The lowest BCUT2D eigenvalue weighted by molar-refractivity contribution is -0.142. The second-order valence-electron chi connectivity index (χ2n) is 4.33. The number of ether oxygens (including phenoxy) is 1. The average molecular weight is 376 g/mol. The highest BCUT2D eigenvalue weighted by Crippen LogP contribution is 2.28. The summed E-state index contributed by atoms with van der Waals surface area (Å²) in [6, 6.07) is 3.87. The lowest BCUT2D eigenvalue weighted by Gasteiger charge is -2.16. The Hall–Kier alpha value is -1.21. The molecule has 0 aliphatic heterocycles. The maximum atomic E-state index is 11.8. The van der Waals surface area contributed by atoms with Crippen LogP contribution in [0.1, 0.15) is 24.4 Å². The second-order valence-corrected chi connectivity index (χ2v) is 6.17. The molecule has 0 saturated heterocycles. The third-order valence-electron chi connectivity index (χ3n) is 2.81. The summed E-state index contributed by atoms with van der Waals surface area (Å²) in [7, 11) is 1.53. The first-order valence-electron chi connectivity index (χ1n) is 6.34. The Morgan fingerprint density at radius 1 is 1.48 bits per heavy atom. The van der Waals surface area contributed by atoms with Crippen molar-refractivity contribution in [1.82, 2.24) is 5.32 Å². The largest absolute Gasteiger partial charge is 0.496 e. The van der Waals surface area contributed by atoms with Gasteiger partial charge < -0.3 is 15.2 Å².